The Morgan fingerprint density at radius 1 is 0.966 bits per heavy atom. The Balaban J connectivity index is 1.50. The maximum Gasteiger partial charge on any atom is 0.251 e. The standard InChI is InChI=1S/C27H44F2/c1-18(2)7-6-8-19(3)22-11-12-23-21-10-9-20-17-27(28,29)16-15-25(20,4)24(21)13-14-26(22,23)5/h9,18-19,21-24H,6-8,10-17H2,1-5H3/t19-,21+,22-,23+,24+,25?,26-/m1/s1. The first-order valence-corrected chi connectivity index (χ1v) is 12.6. The number of allylic oxidation sites excluding steroid dienone is 2. The molecule has 4 aliphatic carbocycles. The fourth-order valence-corrected chi connectivity index (χ4v) is 8.61. The van der Waals surface area contributed by atoms with Crippen molar-refractivity contribution < 1.29 is 8.78 Å². The zero-order valence-electron chi connectivity index (χ0n) is 19.6. The lowest BCUT2D eigenvalue weighted by Gasteiger charge is -2.58. The molecule has 1 unspecified atom stereocenters. The second-order valence-corrected chi connectivity index (χ2v) is 12.3. The molecule has 0 aromatic heterocycles. The number of rotatable bonds is 5. The van der Waals surface area contributed by atoms with Gasteiger partial charge in [0.25, 0.3) is 5.92 Å². The molecular weight excluding hydrogens is 362 g/mol. The average molecular weight is 407 g/mol. The molecule has 0 N–H and O–H groups in total. The number of fused-ring (bicyclic) bond motifs is 5. The SMILES string of the molecule is CC(C)CCC[C@@H](C)[C@H]1CC[C@H]2[C@@H]3CC=C4CC(F)(F)CCC4(C)[C@H]3CC[C@]12C. The van der Waals surface area contributed by atoms with E-state index in [1.165, 1.54) is 44.9 Å². The topological polar surface area (TPSA) is 0 Å². The van der Waals surface area contributed by atoms with E-state index in [1.807, 2.05) is 0 Å². The fourth-order valence-electron chi connectivity index (χ4n) is 8.61. The van der Waals surface area contributed by atoms with Crippen LogP contribution in [-0.2, 0) is 0 Å². The van der Waals surface area contributed by atoms with Crippen LogP contribution in [0.3, 0.4) is 0 Å². The van der Waals surface area contributed by atoms with Gasteiger partial charge in [-0.3, -0.25) is 0 Å². The van der Waals surface area contributed by atoms with Crippen molar-refractivity contribution in [3.8, 4) is 0 Å². The van der Waals surface area contributed by atoms with Gasteiger partial charge in [0.15, 0.2) is 0 Å². The minimum atomic E-state index is -2.47. The molecule has 7 atom stereocenters. The second-order valence-electron chi connectivity index (χ2n) is 12.3. The third kappa shape index (κ3) is 3.73. The molecule has 29 heavy (non-hydrogen) atoms. The monoisotopic (exact) mass is 406 g/mol. The molecular formula is C27H44F2. The summed E-state index contributed by atoms with van der Waals surface area (Å²) in [6.45, 7) is 12.2. The molecule has 4 aliphatic rings. The lowest BCUT2D eigenvalue weighted by Crippen LogP contribution is -2.51. The van der Waals surface area contributed by atoms with Crippen LogP contribution in [0.4, 0.5) is 8.78 Å². The van der Waals surface area contributed by atoms with Gasteiger partial charge in [-0.2, -0.15) is 0 Å². The van der Waals surface area contributed by atoms with Gasteiger partial charge < -0.3 is 0 Å². The number of hydrogen-bond acceptors (Lipinski definition) is 0. The van der Waals surface area contributed by atoms with Crippen LogP contribution in [-0.4, -0.2) is 5.92 Å². The van der Waals surface area contributed by atoms with Crippen LogP contribution in [0.25, 0.3) is 0 Å². The molecule has 0 heterocycles. The van der Waals surface area contributed by atoms with E-state index >= 15 is 0 Å². The van der Waals surface area contributed by atoms with Crippen LogP contribution < -0.4 is 0 Å². The molecule has 0 amide bonds. The van der Waals surface area contributed by atoms with Crippen molar-refractivity contribution in [1.29, 1.82) is 0 Å². The summed E-state index contributed by atoms with van der Waals surface area (Å²) in [4.78, 5) is 0. The van der Waals surface area contributed by atoms with Crippen molar-refractivity contribution in [1.82, 2.24) is 0 Å². The molecule has 0 aromatic carbocycles. The molecule has 0 spiro atoms. The number of halogens is 2. The van der Waals surface area contributed by atoms with E-state index in [2.05, 4.69) is 40.7 Å². The van der Waals surface area contributed by atoms with Gasteiger partial charge in [0, 0.05) is 12.8 Å². The Morgan fingerprint density at radius 2 is 1.72 bits per heavy atom. The van der Waals surface area contributed by atoms with Crippen molar-refractivity contribution in [3.63, 3.8) is 0 Å². The van der Waals surface area contributed by atoms with Crippen molar-refractivity contribution in [2.45, 2.75) is 111 Å². The summed E-state index contributed by atoms with van der Waals surface area (Å²) in [5.74, 6) is 2.25. The lowest BCUT2D eigenvalue weighted by atomic mass is 9.47. The summed E-state index contributed by atoms with van der Waals surface area (Å²) < 4.78 is 28.2. The highest BCUT2D eigenvalue weighted by atomic mass is 19.3. The summed E-state index contributed by atoms with van der Waals surface area (Å²) in [5, 5.41) is 0. The molecule has 0 aromatic rings. The zero-order chi connectivity index (χ0) is 21.0. The van der Waals surface area contributed by atoms with Gasteiger partial charge >= 0.3 is 0 Å². The quantitative estimate of drug-likeness (QED) is 0.401. The van der Waals surface area contributed by atoms with E-state index in [0.717, 1.165) is 41.6 Å². The fraction of sp³-hybridized carbons (Fsp3) is 0.926. The largest absolute Gasteiger partial charge is 0.251 e. The normalized spacial score (nSPS) is 44.6. The van der Waals surface area contributed by atoms with E-state index in [0.29, 0.717) is 17.8 Å². The Labute approximate surface area is 178 Å². The second kappa shape index (κ2) is 7.63. The molecule has 3 fully saturated rings. The number of alkyl halides is 2. The summed E-state index contributed by atoms with van der Waals surface area (Å²) in [6.07, 6.45) is 13.7. The van der Waals surface area contributed by atoms with Gasteiger partial charge in [-0.05, 0) is 84.9 Å². The lowest BCUT2D eigenvalue weighted by molar-refractivity contribution is -0.0881. The van der Waals surface area contributed by atoms with Crippen LogP contribution in [0.15, 0.2) is 11.6 Å². The van der Waals surface area contributed by atoms with E-state index in [-0.39, 0.29) is 18.3 Å². The van der Waals surface area contributed by atoms with Crippen LogP contribution in [0.2, 0.25) is 0 Å². The molecule has 166 valence electrons. The Hall–Kier alpha value is -0.400. The molecule has 3 saturated carbocycles. The summed E-state index contributed by atoms with van der Waals surface area (Å²) in [6, 6.07) is 0. The maximum atomic E-state index is 14.1. The highest BCUT2D eigenvalue weighted by Crippen LogP contribution is 2.68. The Kier molecular flexibility index (Phi) is 5.74. The first kappa shape index (κ1) is 21.8. The molecule has 0 saturated heterocycles. The first-order chi connectivity index (χ1) is 13.6. The molecule has 2 heteroatoms. The van der Waals surface area contributed by atoms with E-state index in [1.54, 1.807) is 0 Å². The minimum Gasteiger partial charge on any atom is -0.207 e. The molecule has 0 radical (unpaired) electrons. The third-order valence-corrected chi connectivity index (χ3v) is 10.3. The van der Waals surface area contributed by atoms with E-state index < -0.39 is 5.92 Å². The third-order valence-electron chi connectivity index (χ3n) is 10.3. The van der Waals surface area contributed by atoms with Gasteiger partial charge in [0.05, 0.1) is 0 Å². The average Bonchev–Trinajstić information content (AvgIpc) is 2.99. The first-order valence-electron chi connectivity index (χ1n) is 12.6. The predicted molar refractivity (Wildman–Crippen MR) is 118 cm³/mol. The van der Waals surface area contributed by atoms with Crippen molar-refractivity contribution in [2.75, 3.05) is 0 Å². The van der Waals surface area contributed by atoms with Crippen LogP contribution in [0, 0.1) is 46.3 Å². The van der Waals surface area contributed by atoms with E-state index in [9.17, 15) is 8.78 Å². The highest BCUT2D eigenvalue weighted by molar-refractivity contribution is 5.26. The van der Waals surface area contributed by atoms with Gasteiger partial charge in [0.2, 0.25) is 0 Å². The van der Waals surface area contributed by atoms with Crippen LogP contribution in [0.1, 0.15) is 105 Å². The van der Waals surface area contributed by atoms with Crippen molar-refractivity contribution in [3.05, 3.63) is 11.6 Å². The summed E-state index contributed by atoms with van der Waals surface area (Å²) in [5.41, 5.74) is 1.64. The zero-order valence-corrected chi connectivity index (χ0v) is 19.6. The Bertz CT molecular complexity index is 634. The van der Waals surface area contributed by atoms with Crippen LogP contribution >= 0.6 is 0 Å². The molecule has 0 aliphatic heterocycles. The summed E-state index contributed by atoms with van der Waals surface area (Å²) in [7, 11) is 0. The maximum absolute atomic E-state index is 14.1. The van der Waals surface area contributed by atoms with Gasteiger partial charge in [-0.1, -0.05) is 65.5 Å². The predicted octanol–water partition coefficient (Wildman–Crippen LogP) is 8.66. The van der Waals surface area contributed by atoms with Crippen LogP contribution in [0.5, 0.6) is 0 Å². The highest BCUT2D eigenvalue weighted by Gasteiger charge is 2.60. The smallest absolute Gasteiger partial charge is 0.207 e. The van der Waals surface area contributed by atoms with Crippen molar-refractivity contribution >= 4 is 0 Å². The van der Waals surface area contributed by atoms with E-state index in [4.69, 9.17) is 0 Å². The Morgan fingerprint density at radius 3 is 2.45 bits per heavy atom. The summed E-state index contributed by atoms with van der Waals surface area (Å²) >= 11 is 0. The molecule has 4 rings (SSSR count). The van der Waals surface area contributed by atoms with Crippen molar-refractivity contribution in [2.24, 2.45) is 46.3 Å². The minimum absolute atomic E-state index is 0.0319. The molecule has 0 bridgehead atoms. The van der Waals surface area contributed by atoms with Gasteiger partial charge in [-0.25, -0.2) is 8.78 Å². The number of hydrogen-bond donors (Lipinski definition) is 0. The molecule has 0 nitrogen and oxygen atoms in total. The van der Waals surface area contributed by atoms with Gasteiger partial charge in [-0.15, -0.1) is 0 Å². The van der Waals surface area contributed by atoms with Gasteiger partial charge in [0.1, 0.15) is 0 Å².